The van der Waals surface area contributed by atoms with Gasteiger partial charge in [-0.15, -0.1) is 0 Å². The summed E-state index contributed by atoms with van der Waals surface area (Å²) in [6.45, 7) is 1.30. The Bertz CT molecular complexity index is 872. The molecule has 3 rings (SSSR count). The highest BCUT2D eigenvalue weighted by molar-refractivity contribution is 6.05. The molecular weight excluding hydrogens is 356 g/mol. The fraction of sp³-hybridized carbons (Fsp3) is 0.318. The molecule has 0 radical (unpaired) electrons. The van der Waals surface area contributed by atoms with Crippen LogP contribution in [0.4, 0.5) is 11.4 Å². The summed E-state index contributed by atoms with van der Waals surface area (Å²) in [7, 11) is 0. The Balaban J connectivity index is 1.61. The van der Waals surface area contributed by atoms with Crippen LogP contribution in [0.3, 0.4) is 0 Å². The van der Waals surface area contributed by atoms with Crippen LogP contribution in [0.5, 0.6) is 5.75 Å². The molecule has 146 valence electrons. The van der Waals surface area contributed by atoms with Crippen molar-refractivity contribution in [2.75, 3.05) is 10.6 Å². The fourth-order valence-electron chi connectivity index (χ4n) is 3.43. The second-order valence-electron chi connectivity index (χ2n) is 7.06. The van der Waals surface area contributed by atoms with E-state index < -0.39 is 5.97 Å². The summed E-state index contributed by atoms with van der Waals surface area (Å²) < 4.78 is 5.01. The summed E-state index contributed by atoms with van der Waals surface area (Å²) in [4.78, 5) is 35.7. The standard InChI is InChI=1S/C22H24N2O4/c1-15(25)28-20-11-4-8-17(13-20)22(27)24-19-10-5-9-18(14-19)23-21(26)12-16-6-2-3-7-16/h4-5,8-11,13-14,16H,2-3,6-7,12H2,1H3,(H,23,26)(H,24,27). The zero-order valence-electron chi connectivity index (χ0n) is 15.9. The van der Waals surface area contributed by atoms with Crippen LogP contribution in [0.15, 0.2) is 48.5 Å². The van der Waals surface area contributed by atoms with E-state index >= 15 is 0 Å². The van der Waals surface area contributed by atoms with E-state index in [9.17, 15) is 14.4 Å². The minimum atomic E-state index is -0.446. The van der Waals surface area contributed by atoms with Gasteiger partial charge in [0.15, 0.2) is 0 Å². The Morgan fingerprint density at radius 2 is 1.64 bits per heavy atom. The molecule has 1 fully saturated rings. The monoisotopic (exact) mass is 380 g/mol. The first-order chi connectivity index (χ1) is 13.5. The van der Waals surface area contributed by atoms with Crippen molar-refractivity contribution < 1.29 is 19.1 Å². The molecule has 0 aromatic heterocycles. The molecule has 1 aliphatic rings. The predicted molar refractivity (Wildman–Crippen MR) is 107 cm³/mol. The molecule has 0 atom stereocenters. The topological polar surface area (TPSA) is 84.5 Å². The van der Waals surface area contributed by atoms with Crippen LogP contribution in [0.1, 0.15) is 49.4 Å². The number of ether oxygens (including phenoxy) is 1. The molecule has 1 aliphatic carbocycles. The van der Waals surface area contributed by atoms with E-state index in [-0.39, 0.29) is 11.8 Å². The van der Waals surface area contributed by atoms with Crippen LogP contribution in [0.25, 0.3) is 0 Å². The maximum absolute atomic E-state index is 12.5. The molecule has 0 aliphatic heterocycles. The Morgan fingerprint density at radius 1 is 0.964 bits per heavy atom. The van der Waals surface area contributed by atoms with Crippen LogP contribution < -0.4 is 15.4 Å². The molecule has 0 bridgehead atoms. The van der Waals surface area contributed by atoms with Crippen LogP contribution >= 0.6 is 0 Å². The summed E-state index contributed by atoms with van der Waals surface area (Å²) in [5.74, 6) is 0.0203. The zero-order chi connectivity index (χ0) is 19.9. The van der Waals surface area contributed by atoms with Gasteiger partial charge < -0.3 is 15.4 Å². The first-order valence-corrected chi connectivity index (χ1v) is 9.49. The fourth-order valence-corrected chi connectivity index (χ4v) is 3.43. The van der Waals surface area contributed by atoms with E-state index in [1.54, 1.807) is 42.5 Å². The van der Waals surface area contributed by atoms with Gasteiger partial charge in [0.25, 0.3) is 5.91 Å². The second-order valence-corrected chi connectivity index (χ2v) is 7.06. The van der Waals surface area contributed by atoms with Crippen molar-refractivity contribution >= 4 is 29.2 Å². The largest absolute Gasteiger partial charge is 0.427 e. The van der Waals surface area contributed by atoms with Gasteiger partial charge in [-0.05, 0) is 55.2 Å². The van der Waals surface area contributed by atoms with Crippen molar-refractivity contribution in [2.45, 2.75) is 39.0 Å². The lowest BCUT2D eigenvalue weighted by Crippen LogP contribution is -2.16. The highest BCUT2D eigenvalue weighted by atomic mass is 16.5. The van der Waals surface area contributed by atoms with Crippen LogP contribution in [0.2, 0.25) is 0 Å². The van der Waals surface area contributed by atoms with E-state index in [0.717, 1.165) is 12.8 Å². The van der Waals surface area contributed by atoms with Gasteiger partial charge in [-0.25, -0.2) is 0 Å². The van der Waals surface area contributed by atoms with E-state index in [4.69, 9.17) is 4.74 Å². The number of hydrogen-bond acceptors (Lipinski definition) is 4. The number of carbonyl (C=O) groups is 3. The normalized spacial score (nSPS) is 13.8. The molecule has 6 nitrogen and oxygen atoms in total. The molecule has 6 heteroatoms. The number of benzene rings is 2. The van der Waals surface area contributed by atoms with E-state index in [1.807, 2.05) is 0 Å². The van der Waals surface area contributed by atoms with Gasteiger partial charge in [-0.2, -0.15) is 0 Å². The molecule has 0 heterocycles. The lowest BCUT2D eigenvalue weighted by atomic mass is 10.0. The number of hydrogen-bond donors (Lipinski definition) is 2. The molecule has 0 saturated heterocycles. The molecule has 2 aromatic rings. The van der Waals surface area contributed by atoms with Crippen molar-refractivity contribution in [1.29, 1.82) is 0 Å². The summed E-state index contributed by atoms with van der Waals surface area (Å²) in [5.41, 5.74) is 1.59. The molecule has 1 saturated carbocycles. The zero-order valence-corrected chi connectivity index (χ0v) is 15.9. The highest BCUT2D eigenvalue weighted by Crippen LogP contribution is 2.28. The molecular formula is C22H24N2O4. The molecule has 0 unspecified atom stereocenters. The Kier molecular flexibility index (Phi) is 6.42. The van der Waals surface area contributed by atoms with Gasteiger partial charge in [0, 0.05) is 30.3 Å². The minimum Gasteiger partial charge on any atom is -0.427 e. The summed E-state index contributed by atoms with van der Waals surface area (Å²) >= 11 is 0. The van der Waals surface area contributed by atoms with Gasteiger partial charge in [-0.3, -0.25) is 14.4 Å². The third-order valence-corrected chi connectivity index (χ3v) is 4.71. The van der Waals surface area contributed by atoms with Gasteiger partial charge in [0.05, 0.1) is 0 Å². The van der Waals surface area contributed by atoms with Gasteiger partial charge in [0.1, 0.15) is 5.75 Å². The Morgan fingerprint density at radius 3 is 2.36 bits per heavy atom. The average molecular weight is 380 g/mol. The van der Waals surface area contributed by atoms with Gasteiger partial charge >= 0.3 is 5.97 Å². The van der Waals surface area contributed by atoms with Crippen molar-refractivity contribution in [1.82, 2.24) is 0 Å². The number of amides is 2. The maximum atomic E-state index is 12.5. The van der Waals surface area contributed by atoms with Crippen LogP contribution in [0, 0.1) is 5.92 Å². The third-order valence-electron chi connectivity index (χ3n) is 4.71. The first kappa shape index (κ1) is 19.6. The van der Waals surface area contributed by atoms with E-state index in [0.29, 0.717) is 35.0 Å². The lowest BCUT2D eigenvalue weighted by molar-refractivity contribution is -0.131. The Hall–Kier alpha value is -3.15. The summed E-state index contributed by atoms with van der Waals surface area (Å²) in [6.07, 6.45) is 5.20. The van der Waals surface area contributed by atoms with Crippen LogP contribution in [-0.4, -0.2) is 17.8 Å². The molecule has 2 amide bonds. The predicted octanol–water partition coefficient (Wildman–Crippen LogP) is 4.38. The molecule has 0 spiro atoms. The molecule has 28 heavy (non-hydrogen) atoms. The van der Waals surface area contributed by atoms with Crippen LogP contribution in [-0.2, 0) is 9.59 Å². The maximum Gasteiger partial charge on any atom is 0.308 e. The van der Waals surface area contributed by atoms with Crippen molar-refractivity contribution in [2.24, 2.45) is 5.92 Å². The highest BCUT2D eigenvalue weighted by Gasteiger charge is 2.18. The van der Waals surface area contributed by atoms with Crippen molar-refractivity contribution in [3.63, 3.8) is 0 Å². The summed E-state index contributed by atoms with van der Waals surface area (Å²) in [6, 6.07) is 13.4. The second kappa shape index (κ2) is 9.17. The number of anilines is 2. The van der Waals surface area contributed by atoms with E-state index in [1.165, 1.54) is 25.8 Å². The Labute approximate surface area is 164 Å². The number of esters is 1. The number of rotatable bonds is 6. The van der Waals surface area contributed by atoms with Crippen molar-refractivity contribution in [3.8, 4) is 5.75 Å². The smallest absolute Gasteiger partial charge is 0.308 e. The summed E-state index contributed by atoms with van der Waals surface area (Å²) in [5, 5.41) is 5.70. The minimum absolute atomic E-state index is 0.00413. The quantitative estimate of drug-likeness (QED) is 0.575. The first-order valence-electron chi connectivity index (χ1n) is 9.49. The number of carbonyl (C=O) groups excluding carboxylic acids is 3. The van der Waals surface area contributed by atoms with E-state index in [2.05, 4.69) is 10.6 Å². The number of nitrogens with one attached hydrogen (secondary N) is 2. The third kappa shape index (κ3) is 5.67. The molecule has 2 aromatic carbocycles. The average Bonchev–Trinajstić information content (AvgIpc) is 3.14. The van der Waals surface area contributed by atoms with Crippen molar-refractivity contribution in [3.05, 3.63) is 54.1 Å². The molecule has 2 N–H and O–H groups in total. The SMILES string of the molecule is CC(=O)Oc1cccc(C(=O)Nc2cccc(NC(=O)CC3CCCC3)c2)c1. The van der Waals surface area contributed by atoms with Gasteiger partial charge in [-0.1, -0.05) is 25.0 Å². The lowest BCUT2D eigenvalue weighted by Gasteiger charge is -2.11. The van der Waals surface area contributed by atoms with Gasteiger partial charge in [0.2, 0.25) is 5.91 Å².